The van der Waals surface area contributed by atoms with Gasteiger partial charge in [0.25, 0.3) is 0 Å². The van der Waals surface area contributed by atoms with Crippen molar-refractivity contribution in [3.05, 3.63) is 28.2 Å². The highest BCUT2D eigenvalue weighted by Gasteiger charge is 2.08. The minimum Gasteiger partial charge on any atom is -0.447 e. The smallest absolute Gasteiger partial charge is 0.411 e. The predicted molar refractivity (Wildman–Crippen MR) is 64.1 cm³/mol. The Kier molecular flexibility index (Phi) is 4.15. The van der Waals surface area contributed by atoms with Gasteiger partial charge in [0.05, 0.1) is 6.10 Å². The molecule has 0 fully saturated rings. The molecule has 0 aromatic heterocycles. The van der Waals surface area contributed by atoms with Gasteiger partial charge in [0.15, 0.2) is 0 Å². The molecule has 0 aliphatic heterocycles. The standard InChI is InChI=1S/C11H14BrNO2/c1-7(2)15-11(14)13-10-6-4-5-9(12)8(10)3/h4-7H,1-3H3,(H,13,14). The zero-order chi connectivity index (χ0) is 11.4. The minimum atomic E-state index is -0.425. The number of hydrogen-bond donors (Lipinski definition) is 1. The fraction of sp³-hybridized carbons (Fsp3) is 0.364. The van der Waals surface area contributed by atoms with E-state index < -0.39 is 6.09 Å². The normalized spacial score (nSPS) is 10.2. The number of rotatable bonds is 2. The number of amides is 1. The molecule has 1 N–H and O–H groups in total. The molecule has 4 heteroatoms. The molecule has 0 aliphatic rings. The van der Waals surface area contributed by atoms with Crippen LogP contribution in [0, 0.1) is 6.92 Å². The second kappa shape index (κ2) is 5.16. The molecular formula is C11H14BrNO2. The van der Waals surface area contributed by atoms with Crippen LogP contribution in [0.1, 0.15) is 19.4 Å². The van der Waals surface area contributed by atoms with Gasteiger partial charge >= 0.3 is 6.09 Å². The van der Waals surface area contributed by atoms with E-state index in [1.54, 1.807) is 0 Å². The van der Waals surface area contributed by atoms with Gasteiger partial charge in [0.2, 0.25) is 0 Å². The molecular weight excluding hydrogens is 258 g/mol. The molecule has 1 rings (SSSR count). The zero-order valence-electron chi connectivity index (χ0n) is 9.00. The number of hydrogen-bond acceptors (Lipinski definition) is 2. The molecule has 0 spiro atoms. The second-order valence-electron chi connectivity index (χ2n) is 3.49. The molecule has 1 amide bonds. The van der Waals surface area contributed by atoms with Gasteiger partial charge in [-0.05, 0) is 38.5 Å². The maximum absolute atomic E-state index is 11.3. The van der Waals surface area contributed by atoms with Crippen LogP contribution in [0.5, 0.6) is 0 Å². The minimum absolute atomic E-state index is 0.113. The van der Waals surface area contributed by atoms with Gasteiger partial charge in [-0.1, -0.05) is 22.0 Å². The first-order chi connectivity index (χ1) is 7.00. The summed E-state index contributed by atoms with van der Waals surface area (Å²) in [5.41, 5.74) is 1.74. The van der Waals surface area contributed by atoms with Crippen molar-refractivity contribution < 1.29 is 9.53 Å². The van der Waals surface area contributed by atoms with Gasteiger partial charge in [0.1, 0.15) is 0 Å². The Morgan fingerprint density at radius 1 is 1.47 bits per heavy atom. The average Bonchev–Trinajstić information content (AvgIpc) is 2.11. The Hall–Kier alpha value is -1.03. The molecule has 15 heavy (non-hydrogen) atoms. The van der Waals surface area contributed by atoms with E-state index in [2.05, 4.69) is 21.2 Å². The molecule has 0 saturated heterocycles. The molecule has 0 atom stereocenters. The molecule has 3 nitrogen and oxygen atoms in total. The van der Waals surface area contributed by atoms with E-state index >= 15 is 0 Å². The predicted octanol–water partition coefficient (Wildman–Crippen LogP) is 3.71. The van der Waals surface area contributed by atoms with Crippen molar-refractivity contribution in [3.63, 3.8) is 0 Å². The molecule has 0 unspecified atom stereocenters. The van der Waals surface area contributed by atoms with Crippen molar-refractivity contribution in [3.8, 4) is 0 Å². The van der Waals surface area contributed by atoms with Crippen molar-refractivity contribution >= 4 is 27.7 Å². The van der Waals surface area contributed by atoms with Crippen LogP contribution in [0.4, 0.5) is 10.5 Å². The lowest BCUT2D eigenvalue weighted by atomic mass is 10.2. The SMILES string of the molecule is Cc1c(Br)cccc1NC(=O)OC(C)C. The summed E-state index contributed by atoms with van der Waals surface area (Å²) < 4.78 is 5.95. The van der Waals surface area contributed by atoms with Crippen LogP contribution >= 0.6 is 15.9 Å². The number of halogens is 1. The first-order valence-electron chi connectivity index (χ1n) is 4.73. The summed E-state index contributed by atoms with van der Waals surface area (Å²) in [7, 11) is 0. The topological polar surface area (TPSA) is 38.3 Å². The summed E-state index contributed by atoms with van der Waals surface area (Å²) >= 11 is 3.39. The van der Waals surface area contributed by atoms with Crippen LogP contribution in [0.15, 0.2) is 22.7 Å². The van der Waals surface area contributed by atoms with E-state index in [-0.39, 0.29) is 6.10 Å². The third-order valence-electron chi connectivity index (χ3n) is 1.85. The quantitative estimate of drug-likeness (QED) is 0.891. The summed E-state index contributed by atoms with van der Waals surface area (Å²) in [5.74, 6) is 0. The van der Waals surface area contributed by atoms with E-state index in [0.29, 0.717) is 0 Å². The zero-order valence-corrected chi connectivity index (χ0v) is 10.6. The summed E-state index contributed by atoms with van der Waals surface area (Å²) in [4.78, 5) is 11.3. The van der Waals surface area contributed by atoms with Crippen LogP contribution in [0.3, 0.4) is 0 Å². The first kappa shape index (κ1) is 12.0. The number of carbonyl (C=O) groups excluding carboxylic acids is 1. The van der Waals surface area contributed by atoms with Gasteiger partial charge in [-0.3, -0.25) is 5.32 Å². The maximum atomic E-state index is 11.3. The van der Waals surface area contributed by atoms with Crippen LogP contribution in [-0.4, -0.2) is 12.2 Å². The average molecular weight is 272 g/mol. The van der Waals surface area contributed by atoms with Gasteiger partial charge in [0, 0.05) is 10.2 Å². The monoisotopic (exact) mass is 271 g/mol. The van der Waals surface area contributed by atoms with Gasteiger partial charge in [-0.2, -0.15) is 0 Å². The molecule has 0 saturated carbocycles. The lowest BCUT2D eigenvalue weighted by Gasteiger charge is -2.11. The number of carbonyl (C=O) groups is 1. The van der Waals surface area contributed by atoms with Crippen LogP contribution in [-0.2, 0) is 4.74 Å². The fourth-order valence-corrected chi connectivity index (χ4v) is 1.46. The Balaban J connectivity index is 2.73. The number of nitrogens with one attached hydrogen (secondary N) is 1. The van der Waals surface area contributed by atoms with Gasteiger partial charge in [-0.25, -0.2) is 4.79 Å². The summed E-state index contributed by atoms with van der Waals surface area (Å²) in [6.45, 7) is 5.55. The molecule has 82 valence electrons. The van der Waals surface area contributed by atoms with Crippen LogP contribution < -0.4 is 5.32 Å². The van der Waals surface area contributed by atoms with E-state index in [0.717, 1.165) is 15.7 Å². The molecule has 0 heterocycles. The lowest BCUT2D eigenvalue weighted by Crippen LogP contribution is -2.18. The van der Waals surface area contributed by atoms with E-state index in [1.165, 1.54) is 0 Å². The summed E-state index contributed by atoms with van der Waals surface area (Å²) in [6, 6.07) is 5.62. The van der Waals surface area contributed by atoms with Crippen LogP contribution in [0.25, 0.3) is 0 Å². The maximum Gasteiger partial charge on any atom is 0.411 e. The molecule has 0 radical (unpaired) electrons. The van der Waals surface area contributed by atoms with Crippen molar-refractivity contribution in [1.29, 1.82) is 0 Å². The largest absolute Gasteiger partial charge is 0.447 e. The highest BCUT2D eigenvalue weighted by molar-refractivity contribution is 9.10. The molecule has 1 aromatic carbocycles. The van der Waals surface area contributed by atoms with Gasteiger partial charge < -0.3 is 4.74 Å². The van der Waals surface area contributed by atoms with Crippen molar-refractivity contribution in [2.45, 2.75) is 26.9 Å². The first-order valence-corrected chi connectivity index (χ1v) is 5.52. The third-order valence-corrected chi connectivity index (χ3v) is 2.71. The third kappa shape index (κ3) is 3.55. The van der Waals surface area contributed by atoms with E-state index in [1.807, 2.05) is 39.0 Å². The highest BCUT2D eigenvalue weighted by atomic mass is 79.9. The fourth-order valence-electron chi connectivity index (χ4n) is 1.10. The molecule has 0 bridgehead atoms. The van der Waals surface area contributed by atoms with Crippen molar-refractivity contribution in [2.75, 3.05) is 5.32 Å². The lowest BCUT2D eigenvalue weighted by molar-refractivity contribution is 0.130. The molecule has 0 aliphatic carbocycles. The number of ether oxygens (including phenoxy) is 1. The Morgan fingerprint density at radius 2 is 2.13 bits per heavy atom. The van der Waals surface area contributed by atoms with Crippen molar-refractivity contribution in [1.82, 2.24) is 0 Å². The van der Waals surface area contributed by atoms with Gasteiger partial charge in [-0.15, -0.1) is 0 Å². The van der Waals surface area contributed by atoms with E-state index in [9.17, 15) is 4.79 Å². The highest BCUT2D eigenvalue weighted by Crippen LogP contribution is 2.23. The van der Waals surface area contributed by atoms with E-state index in [4.69, 9.17) is 4.74 Å². The van der Waals surface area contributed by atoms with Crippen molar-refractivity contribution in [2.24, 2.45) is 0 Å². The summed E-state index contributed by atoms with van der Waals surface area (Å²) in [6.07, 6.45) is -0.538. The molecule has 1 aromatic rings. The van der Waals surface area contributed by atoms with Crippen LogP contribution in [0.2, 0.25) is 0 Å². The number of anilines is 1. The second-order valence-corrected chi connectivity index (χ2v) is 4.35. The Bertz CT molecular complexity index is 364. The Labute approximate surface area is 97.9 Å². The Morgan fingerprint density at radius 3 is 2.73 bits per heavy atom. The number of benzene rings is 1. The summed E-state index contributed by atoms with van der Waals surface area (Å²) in [5, 5.41) is 2.69.